The number of amides is 4. The van der Waals surface area contributed by atoms with Crippen molar-refractivity contribution in [3.05, 3.63) is 64.2 Å². The number of hydrogen-bond acceptors (Lipinski definition) is 5. The number of nitrogens with one attached hydrogen (secondary N) is 1. The van der Waals surface area contributed by atoms with Crippen molar-refractivity contribution in [3.8, 4) is 0 Å². The van der Waals surface area contributed by atoms with E-state index in [0.717, 1.165) is 67.8 Å². The number of urea groups is 1. The van der Waals surface area contributed by atoms with Crippen molar-refractivity contribution < 1.29 is 14.4 Å². The van der Waals surface area contributed by atoms with Crippen LogP contribution >= 0.6 is 11.6 Å². The van der Waals surface area contributed by atoms with Crippen molar-refractivity contribution in [2.24, 2.45) is 5.92 Å². The van der Waals surface area contributed by atoms with Crippen LogP contribution in [0.1, 0.15) is 48.8 Å². The predicted molar refractivity (Wildman–Crippen MR) is 182 cm³/mol. The second kappa shape index (κ2) is 14.7. The molecule has 1 N–H and O–H groups in total. The largest absolute Gasteiger partial charge is 0.343 e. The van der Waals surface area contributed by atoms with Gasteiger partial charge in [-0.1, -0.05) is 41.9 Å². The normalized spacial score (nSPS) is 21.5. The van der Waals surface area contributed by atoms with Crippen molar-refractivity contribution in [2.45, 2.75) is 64.0 Å². The van der Waals surface area contributed by atoms with Crippen molar-refractivity contribution in [1.29, 1.82) is 0 Å². The van der Waals surface area contributed by atoms with Gasteiger partial charge < -0.3 is 24.9 Å². The molecule has 4 heterocycles. The van der Waals surface area contributed by atoms with E-state index in [-0.39, 0.29) is 30.3 Å². The summed E-state index contributed by atoms with van der Waals surface area (Å²) in [5.41, 5.74) is 4.05. The quantitative estimate of drug-likeness (QED) is 0.478. The predicted octanol–water partition coefficient (Wildman–Crippen LogP) is 4.52. The maximum atomic E-state index is 14.1. The fourth-order valence-electron chi connectivity index (χ4n) is 7.80. The highest BCUT2D eigenvalue weighted by Crippen LogP contribution is 2.27. The van der Waals surface area contributed by atoms with Crippen LogP contribution in [0, 0.1) is 12.8 Å². The minimum atomic E-state index is -0.421. The molecule has 3 saturated heterocycles. The summed E-state index contributed by atoms with van der Waals surface area (Å²) in [5, 5.41) is 3.78. The Hall–Kier alpha value is -3.14. The first-order valence-corrected chi connectivity index (χ1v) is 17.5. The van der Waals surface area contributed by atoms with Crippen LogP contribution in [0.5, 0.6) is 0 Å². The van der Waals surface area contributed by atoms with Crippen LogP contribution in [0.25, 0.3) is 0 Å². The molecule has 0 radical (unpaired) electrons. The molecule has 0 aliphatic carbocycles. The lowest BCUT2D eigenvalue weighted by Crippen LogP contribution is -2.55. The summed E-state index contributed by atoms with van der Waals surface area (Å²) in [6, 6.07) is 14.5. The van der Waals surface area contributed by atoms with Gasteiger partial charge in [0.1, 0.15) is 0 Å². The second-order valence-electron chi connectivity index (χ2n) is 13.7. The molecule has 2 aromatic rings. The Balaban J connectivity index is 1.07. The van der Waals surface area contributed by atoms with E-state index in [1.165, 1.54) is 12.8 Å². The fraction of sp³-hybridized carbons (Fsp3) is 0.583. The monoisotopic (exact) mass is 648 g/mol. The lowest BCUT2D eigenvalue weighted by atomic mass is 9.92. The van der Waals surface area contributed by atoms with Crippen LogP contribution < -0.4 is 5.32 Å². The smallest absolute Gasteiger partial charge is 0.322 e. The number of piperazine rings is 1. The Bertz CT molecular complexity index is 1400. The average molecular weight is 649 g/mol. The average Bonchev–Trinajstić information content (AvgIpc) is 3.24. The number of aryl methyl sites for hydroxylation is 1. The maximum Gasteiger partial charge on any atom is 0.322 e. The first-order chi connectivity index (χ1) is 22.2. The first-order valence-electron chi connectivity index (χ1n) is 17.1. The summed E-state index contributed by atoms with van der Waals surface area (Å²) in [6.07, 6.45) is 5.37. The van der Waals surface area contributed by atoms with Crippen LogP contribution in [0.4, 0.5) is 10.5 Å². The van der Waals surface area contributed by atoms with E-state index in [0.29, 0.717) is 50.2 Å². The summed E-state index contributed by atoms with van der Waals surface area (Å²) < 4.78 is 0. The van der Waals surface area contributed by atoms with E-state index in [1.54, 1.807) is 0 Å². The molecular weight excluding hydrogens is 600 g/mol. The van der Waals surface area contributed by atoms with E-state index in [2.05, 4.69) is 28.2 Å². The zero-order valence-corrected chi connectivity index (χ0v) is 28.2. The lowest BCUT2D eigenvalue weighted by molar-refractivity contribution is -0.143. The molecule has 0 bridgehead atoms. The number of fused-ring (bicyclic) bond motifs is 1. The number of hydrogen-bond donors (Lipinski definition) is 1. The number of carbonyl (C=O) groups excluding carboxylic acids is 3. The van der Waals surface area contributed by atoms with Gasteiger partial charge in [-0.05, 0) is 94.4 Å². The third kappa shape index (κ3) is 7.69. The highest BCUT2D eigenvalue weighted by molar-refractivity contribution is 6.31. The van der Waals surface area contributed by atoms with Crippen LogP contribution in [-0.2, 0) is 22.4 Å². The molecular formula is C36H49ClN6O3. The van der Waals surface area contributed by atoms with E-state index < -0.39 is 5.92 Å². The number of piperidine rings is 2. The Labute approximate surface area is 278 Å². The standard InChI is InChI=1S/C36H49ClN6O3/c1-26-23-27(7-8-32(26)37)24-29(35(45)42-21-19-40(20-22-42)30-10-14-39(2)15-11-30)25-34(44)41-16-12-31(13-17-41)43-18-9-28-5-3-4-6-33(28)38-36(43)46/h3-8,23,29-31H,9-22,24-25H2,1-2H3,(H,38,46). The van der Waals surface area contributed by atoms with Gasteiger partial charge in [0.15, 0.2) is 0 Å². The maximum absolute atomic E-state index is 14.1. The van der Waals surface area contributed by atoms with Gasteiger partial charge in [0.25, 0.3) is 0 Å². The summed E-state index contributed by atoms with van der Waals surface area (Å²) in [4.78, 5) is 51.7. The molecule has 46 heavy (non-hydrogen) atoms. The van der Waals surface area contributed by atoms with Gasteiger partial charge in [0.2, 0.25) is 11.8 Å². The molecule has 2 aromatic carbocycles. The molecule has 10 heteroatoms. The molecule has 0 spiro atoms. The number of anilines is 1. The number of rotatable bonds is 7. The molecule has 0 aromatic heterocycles. The van der Waals surface area contributed by atoms with Gasteiger partial charge in [-0.25, -0.2) is 4.79 Å². The van der Waals surface area contributed by atoms with E-state index in [4.69, 9.17) is 11.6 Å². The zero-order chi connectivity index (χ0) is 32.2. The van der Waals surface area contributed by atoms with E-state index in [9.17, 15) is 14.4 Å². The number of likely N-dealkylation sites (tertiary alicyclic amines) is 2. The highest BCUT2D eigenvalue weighted by atomic mass is 35.5. The Morgan fingerprint density at radius 2 is 1.57 bits per heavy atom. The van der Waals surface area contributed by atoms with Crippen LogP contribution in [-0.4, -0.2) is 120 Å². The van der Waals surface area contributed by atoms with Crippen LogP contribution in [0.2, 0.25) is 5.02 Å². The van der Waals surface area contributed by atoms with Gasteiger partial charge in [-0.2, -0.15) is 0 Å². The first kappa shape index (κ1) is 32.8. The minimum Gasteiger partial charge on any atom is -0.343 e. The number of para-hydroxylation sites is 1. The molecule has 0 saturated carbocycles. The lowest BCUT2D eigenvalue weighted by Gasteiger charge is -2.43. The molecule has 1 atom stereocenters. The van der Waals surface area contributed by atoms with Gasteiger partial charge in [-0.3, -0.25) is 14.5 Å². The van der Waals surface area contributed by atoms with Crippen LogP contribution in [0.3, 0.4) is 0 Å². The summed E-state index contributed by atoms with van der Waals surface area (Å²) in [7, 11) is 2.19. The van der Waals surface area contributed by atoms with Crippen molar-refractivity contribution in [3.63, 3.8) is 0 Å². The summed E-state index contributed by atoms with van der Waals surface area (Å²) in [5.74, 6) is -0.310. The number of benzene rings is 2. The topological polar surface area (TPSA) is 79.4 Å². The molecule has 6 rings (SSSR count). The molecule has 3 fully saturated rings. The fourth-order valence-corrected chi connectivity index (χ4v) is 7.91. The summed E-state index contributed by atoms with van der Waals surface area (Å²) in [6.45, 7) is 9.30. The van der Waals surface area contributed by atoms with Crippen molar-refractivity contribution in [2.75, 3.05) is 71.3 Å². The molecule has 248 valence electrons. The van der Waals surface area contributed by atoms with E-state index >= 15 is 0 Å². The molecule has 1 unspecified atom stereocenters. The second-order valence-corrected chi connectivity index (χ2v) is 14.1. The number of halogens is 1. The molecule has 9 nitrogen and oxygen atoms in total. The Morgan fingerprint density at radius 1 is 0.870 bits per heavy atom. The van der Waals surface area contributed by atoms with E-state index in [1.807, 2.05) is 58.0 Å². The van der Waals surface area contributed by atoms with Gasteiger partial charge in [0.05, 0.1) is 5.92 Å². The van der Waals surface area contributed by atoms with Gasteiger partial charge in [-0.15, -0.1) is 0 Å². The number of carbonyl (C=O) groups is 3. The van der Waals surface area contributed by atoms with Gasteiger partial charge >= 0.3 is 6.03 Å². The Morgan fingerprint density at radius 3 is 2.28 bits per heavy atom. The van der Waals surface area contributed by atoms with Crippen LogP contribution in [0.15, 0.2) is 42.5 Å². The number of nitrogens with zero attached hydrogens (tertiary/aromatic N) is 5. The van der Waals surface area contributed by atoms with Gasteiger partial charge in [0, 0.05) is 75.0 Å². The van der Waals surface area contributed by atoms with Crippen molar-refractivity contribution in [1.82, 2.24) is 24.5 Å². The Kier molecular flexibility index (Phi) is 10.5. The van der Waals surface area contributed by atoms with Crippen molar-refractivity contribution >= 4 is 35.1 Å². The third-order valence-electron chi connectivity index (χ3n) is 10.7. The summed E-state index contributed by atoms with van der Waals surface area (Å²) >= 11 is 6.31. The zero-order valence-electron chi connectivity index (χ0n) is 27.4. The molecule has 4 aliphatic heterocycles. The molecule has 4 amide bonds. The highest BCUT2D eigenvalue weighted by Gasteiger charge is 2.35. The SMILES string of the molecule is Cc1cc(CC(CC(=O)N2CCC(N3CCc4ccccc4NC3=O)CC2)C(=O)N2CCN(C3CCN(C)CC3)CC2)ccc1Cl. The molecule has 4 aliphatic rings. The third-order valence-corrected chi connectivity index (χ3v) is 11.1. The minimum absolute atomic E-state index is 0.0279.